The summed E-state index contributed by atoms with van der Waals surface area (Å²) in [6.07, 6.45) is 3.45. The maximum atomic E-state index is 9.49. The molecule has 2 heterocycles. The Morgan fingerprint density at radius 1 is 1.32 bits per heavy atom. The zero-order chi connectivity index (χ0) is 13.7. The standard InChI is InChI=1S/C12H20ClN5O/c1-2-9(19)5-6-14-11-15-10(13)16-12(17-11)18-7-3-4-8-18/h9,19H,2-8H2,1H3,(H,14,15,16,17). The van der Waals surface area contributed by atoms with Crippen molar-refractivity contribution in [1.29, 1.82) is 0 Å². The van der Waals surface area contributed by atoms with E-state index in [0.29, 0.717) is 24.9 Å². The number of anilines is 2. The van der Waals surface area contributed by atoms with Crippen LogP contribution in [0.5, 0.6) is 0 Å². The number of hydrogen-bond acceptors (Lipinski definition) is 6. The molecule has 1 unspecified atom stereocenters. The van der Waals surface area contributed by atoms with Crippen LogP contribution in [0.1, 0.15) is 32.6 Å². The normalized spacial score (nSPS) is 16.7. The highest BCUT2D eigenvalue weighted by Crippen LogP contribution is 2.18. The first-order chi connectivity index (χ1) is 9.19. The molecule has 0 aliphatic carbocycles. The van der Waals surface area contributed by atoms with Crippen LogP contribution in [0.15, 0.2) is 0 Å². The van der Waals surface area contributed by atoms with E-state index in [9.17, 15) is 5.11 Å². The largest absolute Gasteiger partial charge is 0.393 e. The molecule has 1 fully saturated rings. The number of nitrogens with one attached hydrogen (secondary N) is 1. The fourth-order valence-corrected chi connectivity index (χ4v) is 2.19. The van der Waals surface area contributed by atoms with Gasteiger partial charge in [-0.15, -0.1) is 0 Å². The van der Waals surface area contributed by atoms with E-state index in [1.165, 1.54) is 0 Å². The Balaban J connectivity index is 1.96. The second-order valence-corrected chi connectivity index (χ2v) is 5.04. The van der Waals surface area contributed by atoms with Crippen molar-refractivity contribution in [1.82, 2.24) is 15.0 Å². The van der Waals surface area contributed by atoms with Gasteiger partial charge in [-0.25, -0.2) is 0 Å². The van der Waals surface area contributed by atoms with Crippen LogP contribution in [0.4, 0.5) is 11.9 Å². The Kier molecular flexibility index (Phi) is 5.15. The SMILES string of the molecule is CCC(O)CCNc1nc(Cl)nc(N2CCCC2)n1. The summed E-state index contributed by atoms with van der Waals surface area (Å²) in [5.74, 6) is 1.11. The van der Waals surface area contributed by atoms with Gasteiger partial charge in [0.2, 0.25) is 17.2 Å². The Morgan fingerprint density at radius 3 is 2.74 bits per heavy atom. The molecule has 19 heavy (non-hydrogen) atoms. The number of rotatable bonds is 6. The van der Waals surface area contributed by atoms with Crippen molar-refractivity contribution in [3.05, 3.63) is 5.28 Å². The average Bonchev–Trinajstić information content (AvgIpc) is 2.91. The second-order valence-electron chi connectivity index (χ2n) is 4.70. The molecule has 1 atom stereocenters. The minimum atomic E-state index is -0.289. The summed E-state index contributed by atoms with van der Waals surface area (Å²) in [5.41, 5.74) is 0. The predicted molar refractivity (Wildman–Crippen MR) is 75.7 cm³/mol. The summed E-state index contributed by atoms with van der Waals surface area (Å²) in [6.45, 7) is 4.51. The van der Waals surface area contributed by atoms with Crippen LogP contribution in [0, 0.1) is 0 Å². The van der Waals surface area contributed by atoms with Crippen molar-refractivity contribution in [2.75, 3.05) is 29.9 Å². The highest BCUT2D eigenvalue weighted by atomic mass is 35.5. The van der Waals surface area contributed by atoms with E-state index in [-0.39, 0.29) is 11.4 Å². The number of aliphatic hydroxyl groups excluding tert-OH is 1. The number of hydrogen-bond donors (Lipinski definition) is 2. The first-order valence-corrected chi connectivity index (χ1v) is 7.15. The van der Waals surface area contributed by atoms with Crippen molar-refractivity contribution < 1.29 is 5.11 Å². The molecule has 2 rings (SSSR count). The van der Waals surface area contributed by atoms with Crippen molar-refractivity contribution in [3.8, 4) is 0 Å². The lowest BCUT2D eigenvalue weighted by Gasteiger charge is -2.16. The molecule has 1 aliphatic heterocycles. The lowest BCUT2D eigenvalue weighted by atomic mass is 10.2. The van der Waals surface area contributed by atoms with E-state index in [1.54, 1.807) is 0 Å². The van der Waals surface area contributed by atoms with Crippen LogP contribution in [0.2, 0.25) is 5.28 Å². The van der Waals surface area contributed by atoms with Crippen LogP contribution >= 0.6 is 11.6 Å². The molecule has 0 amide bonds. The van der Waals surface area contributed by atoms with Gasteiger partial charge in [0.1, 0.15) is 0 Å². The van der Waals surface area contributed by atoms with Crippen LogP contribution in [-0.2, 0) is 0 Å². The zero-order valence-corrected chi connectivity index (χ0v) is 11.9. The third-order valence-electron chi connectivity index (χ3n) is 3.22. The van der Waals surface area contributed by atoms with Crippen LogP contribution in [0.3, 0.4) is 0 Å². The van der Waals surface area contributed by atoms with Crippen LogP contribution in [0.25, 0.3) is 0 Å². The van der Waals surface area contributed by atoms with Crippen molar-refractivity contribution in [3.63, 3.8) is 0 Å². The van der Waals surface area contributed by atoms with Crippen molar-refractivity contribution in [2.45, 2.75) is 38.7 Å². The molecular weight excluding hydrogens is 266 g/mol. The Labute approximate surface area is 118 Å². The molecule has 7 heteroatoms. The van der Waals surface area contributed by atoms with E-state index in [0.717, 1.165) is 32.4 Å². The molecule has 106 valence electrons. The van der Waals surface area contributed by atoms with Crippen LogP contribution in [-0.4, -0.2) is 45.8 Å². The van der Waals surface area contributed by atoms with Gasteiger partial charge in [-0.05, 0) is 37.3 Å². The molecule has 1 aromatic rings. The van der Waals surface area contributed by atoms with Gasteiger partial charge in [-0.3, -0.25) is 0 Å². The minimum Gasteiger partial charge on any atom is -0.393 e. The summed E-state index contributed by atoms with van der Waals surface area (Å²) < 4.78 is 0. The molecule has 0 bridgehead atoms. The number of aromatic nitrogens is 3. The molecule has 0 spiro atoms. The number of aliphatic hydroxyl groups is 1. The highest BCUT2D eigenvalue weighted by molar-refractivity contribution is 6.28. The molecule has 2 N–H and O–H groups in total. The van der Waals surface area contributed by atoms with Gasteiger partial charge in [0.05, 0.1) is 6.10 Å². The highest BCUT2D eigenvalue weighted by Gasteiger charge is 2.16. The first kappa shape index (κ1) is 14.3. The maximum Gasteiger partial charge on any atom is 0.231 e. The molecular formula is C12H20ClN5O. The monoisotopic (exact) mass is 285 g/mol. The van der Waals surface area contributed by atoms with Crippen molar-refractivity contribution in [2.24, 2.45) is 0 Å². The van der Waals surface area contributed by atoms with Gasteiger partial charge in [0.15, 0.2) is 0 Å². The van der Waals surface area contributed by atoms with Gasteiger partial charge < -0.3 is 15.3 Å². The second kappa shape index (κ2) is 6.86. The fraction of sp³-hybridized carbons (Fsp3) is 0.750. The Morgan fingerprint density at radius 2 is 2.05 bits per heavy atom. The van der Waals surface area contributed by atoms with Gasteiger partial charge in [-0.2, -0.15) is 15.0 Å². The van der Waals surface area contributed by atoms with E-state index >= 15 is 0 Å². The number of halogens is 1. The predicted octanol–water partition coefficient (Wildman–Crippen LogP) is 1.70. The quantitative estimate of drug-likeness (QED) is 0.829. The van der Waals surface area contributed by atoms with Crippen molar-refractivity contribution >= 4 is 23.5 Å². The summed E-state index contributed by atoms with van der Waals surface area (Å²) in [5, 5.41) is 12.8. The molecule has 1 aromatic heterocycles. The fourth-order valence-electron chi connectivity index (χ4n) is 2.03. The summed E-state index contributed by atoms with van der Waals surface area (Å²) in [4.78, 5) is 14.7. The van der Waals surface area contributed by atoms with E-state index in [4.69, 9.17) is 11.6 Å². The lowest BCUT2D eigenvalue weighted by Crippen LogP contribution is -2.22. The van der Waals surface area contributed by atoms with Crippen LogP contribution < -0.4 is 10.2 Å². The first-order valence-electron chi connectivity index (χ1n) is 6.77. The number of nitrogens with zero attached hydrogens (tertiary/aromatic N) is 4. The van der Waals surface area contributed by atoms with E-state index in [2.05, 4.69) is 25.2 Å². The lowest BCUT2D eigenvalue weighted by molar-refractivity contribution is 0.164. The zero-order valence-electron chi connectivity index (χ0n) is 11.1. The smallest absolute Gasteiger partial charge is 0.231 e. The van der Waals surface area contributed by atoms with Gasteiger partial charge in [-0.1, -0.05) is 6.92 Å². The third-order valence-corrected chi connectivity index (χ3v) is 3.39. The Bertz CT molecular complexity index is 411. The summed E-state index contributed by atoms with van der Waals surface area (Å²) in [6, 6.07) is 0. The topological polar surface area (TPSA) is 74.2 Å². The van der Waals surface area contributed by atoms with Gasteiger partial charge in [0.25, 0.3) is 0 Å². The molecule has 1 aliphatic rings. The Hall–Kier alpha value is -1.14. The average molecular weight is 286 g/mol. The maximum absolute atomic E-state index is 9.49. The molecule has 0 saturated carbocycles. The van der Waals surface area contributed by atoms with Gasteiger partial charge >= 0.3 is 0 Å². The molecule has 1 saturated heterocycles. The van der Waals surface area contributed by atoms with Gasteiger partial charge in [0, 0.05) is 19.6 Å². The molecule has 6 nitrogen and oxygen atoms in total. The molecule has 0 radical (unpaired) electrons. The van der Waals surface area contributed by atoms with E-state index < -0.39 is 0 Å². The third kappa shape index (κ3) is 4.18. The minimum absolute atomic E-state index is 0.204. The summed E-state index contributed by atoms with van der Waals surface area (Å²) in [7, 11) is 0. The molecule has 0 aromatic carbocycles. The van der Waals surface area contributed by atoms with E-state index in [1.807, 2.05) is 6.92 Å². The summed E-state index contributed by atoms with van der Waals surface area (Å²) >= 11 is 5.92.